The molecule has 0 aromatic rings. The number of nitrogens with one attached hydrogen (secondary N) is 1. The lowest BCUT2D eigenvalue weighted by molar-refractivity contribution is 0.184. The molecule has 1 atom stereocenters. The first-order chi connectivity index (χ1) is 5.65. The minimum absolute atomic E-state index is 0.254. The molecule has 0 amide bonds. The second-order valence-corrected chi connectivity index (χ2v) is 3.69. The highest BCUT2D eigenvalue weighted by Crippen LogP contribution is 2.13. The number of hydrogen-bond acceptors (Lipinski definition) is 2. The van der Waals surface area contributed by atoms with Gasteiger partial charge in [-0.15, -0.1) is 0 Å². The first-order valence-electron chi connectivity index (χ1n) is 5.02. The largest absolute Gasteiger partial charge is 0.395 e. The average molecular weight is 173 g/mol. The fraction of sp³-hybridized carbons (Fsp3) is 1.00. The molecule has 0 heterocycles. The summed E-state index contributed by atoms with van der Waals surface area (Å²) in [4.78, 5) is 0. The molecule has 2 nitrogen and oxygen atoms in total. The molecular weight excluding hydrogens is 150 g/mol. The van der Waals surface area contributed by atoms with E-state index in [1.165, 1.54) is 0 Å². The molecule has 0 aliphatic carbocycles. The minimum Gasteiger partial charge on any atom is -0.395 e. The zero-order valence-corrected chi connectivity index (χ0v) is 8.80. The molecule has 0 fully saturated rings. The van der Waals surface area contributed by atoms with E-state index >= 15 is 0 Å². The molecule has 2 heteroatoms. The quantitative estimate of drug-likeness (QED) is 0.641. The third kappa shape index (κ3) is 4.07. The van der Waals surface area contributed by atoms with E-state index in [2.05, 4.69) is 33.0 Å². The van der Waals surface area contributed by atoms with Crippen molar-refractivity contribution >= 4 is 0 Å². The molecule has 0 aliphatic rings. The van der Waals surface area contributed by atoms with Crippen LogP contribution in [0.1, 0.15) is 40.5 Å². The van der Waals surface area contributed by atoms with Crippen molar-refractivity contribution in [3.63, 3.8) is 0 Å². The van der Waals surface area contributed by atoms with Crippen LogP contribution in [0.25, 0.3) is 0 Å². The van der Waals surface area contributed by atoms with Crippen LogP contribution in [0.5, 0.6) is 0 Å². The van der Waals surface area contributed by atoms with Gasteiger partial charge in [0.15, 0.2) is 0 Å². The van der Waals surface area contributed by atoms with Gasteiger partial charge in [-0.25, -0.2) is 0 Å². The Bertz CT molecular complexity index is 100. The van der Waals surface area contributed by atoms with Gasteiger partial charge in [-0.1, -0.05) is 40.5 Å². The Morgan fingerprint density at radius 2 is 1.67 bits per heavy atom. The predicted molar refractivity (Wildman–Crippen MR) is 53.2 cm³/mol. The first-order valence-corrected chi connectivity index (χ1v) is 5.02. The molecular formula is C10H23NO. The SMILES string of the molecule is CCC(CC)C(CO)NC(C)C. The van der Waals surface area contributed by atoms with Crippen LogP contribution in [0.3, 0.4) is 0 Å². The number of aliphatic hydroxyl groups excluding tert-OH is 1. The number of rotatable bonds is 6. The van der Waals surface area contributed by atoms with E-state index in [0.29, 0.717) is 12.0 Å². The predicted octanol–water partition coefficient (Wildman–Crippen LogP) is 1.78. The van der Waals surface area contributed by atoms with E-state index in [1.54, 1.807) is 0 Å². The van der Waals surface area contributed by atoms with Gasteiger partial charge < -0.3 is 10.4 Å². The van der Waals surface area contributed by atoms with E-state index in [4.69, 9.17) is 5.11 Å². The molecule has 0 spiro atoms. The molecule has 0 bridgehead atoms. The molecule has 0 rings (SSSR count). The maximum Gasteiger partial charge on any atom is 0.0587 e. The van der Waals surface area contributed by atoms with Crippen LogP contribution in [0.4, 0.5) is 0 Å². The van der Waals surface area contributed by atoms with Gasteiger partial charge in [0.1, 0.15) is 0 Å². The Hall–Kier alpha value is -0.0800. The van der Waals surface area contributed by atoms with E-state index in [-0.39, 0.29) is 12.6 Å². The smallest absolute Gasteiger partial charge is 0.0587 e. The van der Waals surface area contributed by atoms with E-state index in [9.17, 15) is 0 Å². The lowest BCUT2D eigenvalue weighted by atomic mass is 9.94. The Kier molecular flexibility index (Phi) is 6.39. The zero-order chi connectivity index (χ0) is 9.56. The molecule has 0 saturated heterocycles. The van der Waals surface area contributed by atoms with E-state index in [1.807, 2.05) is 0 Å². The van der Waals surface area contributed by atoms with Crippen LogP contribution < -0.4 is 5.32 Å². The molecule has 0 aliphatic heterocycles. The van der Waals surface area contributed by atoms with Gasteiger partial charge in [0.2, 0.25) is 0 Å². The molecule has 0 saturated carbocycles. The van der Waals surface area contributed by atoms with Crippen LogP contribution in [-0.2, 0) is 0 Å². The third-order valence-corrected chi connectivity index (χ3v) is 2.36. The van der Waals surface area contributed by atoms with Crippen molar-refractivity contribution in [2.24, 2.45) is 5.92 Å². The summed E-state index contributed by atoms with van der Waals surface area (Å²) in [6.45, 7) is 8.85. The van der Waals surface area contributed by atoms with Gasteiger partial charge in [0, 0.05) is 12.1 Å². The second-order valence-electron chi connectivity index (χ2n) is 3.69. The van der Waals surface area contributed by atoms with Gasteiger partial charge in [-0.3, -0.25) is 0 Å². The number of hydrogen-bond donors (Lipinski definition) is 2. The summed E-state index contributed by atoms with van der Waals surface area (Å²) >= 11 is 0. The summed E-state index contributed by atoms with van der Waals surface area (Å²) < 4.78 is 0. The van der Waals surface area contributed by atoms with Crippen LogP contribution >= 0.6 is 0 Å². The Labute approximate surface area is 76.4 Å². The summed E-state index contributed by atoms with van der Waals surface area (Å²) in [5.41, 5.74) is 0. The zero-order valence-electron chi connectivity index (χ0n) is 8.80. The molecule has 0 radical (unpaired) electrons. The molecule has 0 aromatic heterocycles. The highest BCUT2D eigenvalue weighted by atomic mass is 16.3. The third-order valence-electron chi connectivity index (χ3n) is 2.36. The van der Waals surface area contributed by atoms with Gasteiger partial charge in [-0.05, 0) is 5.92 Å². The normalized spacial score (nSPS) is 14.2. The van der Waals surface area contributed by atoms with E-state index < -0.39 is 0 Å². The van der Waals surface area contributed by atoms with E-state index in [0.717, 1.165) is 12.8 Å². The lowest BCUT2D eigenvalue weighted by Gasteiger charge is -2.26. The summed E-state index contributed by atoms with van der Waals surface area (Å²) in [6, 6.07) is 0.739. The van der Waals surface area contributed by atoms with Crippen molar-refractivity contribution in [2.45, 2.75) is 52.6 Å². The van der Waals surface area contributed by atoms with Crippen LogP contribution in [-0.4, -0.2) is 23.8 Å². The van der Waals surface area contributed by atoms with Gasteiger partial charge in [0.05, 0.1) is 6.61 Å². The van der Waals surface area contributed by atoms with Crippen molar-refractivity contribution in [2.75, 3.05) is 6.61 Å². The maximum atomic E-state index is 9.15. The van der Waals surface area contributed by atoms with Crippen LogP contribution in [0, 0.1) is 5.92 Å². The minimum atomic E-state index is 0.254. The highest BCUT2D eigenvalue weighted by molar-refractivity contribution is 4.75. The summed E-state index contributed by atoms with van der Waals surface area (Å²) in [6.07, 6.45) is 2.28. The van der Waals surface area contributed by atoms with Crippen LogP contribution in [0.15, 0.2) is 0 Å². The standard InChI is InChI=1S/C10H23NO/c1-5-9(6-2)10(7-12)11-8(3)4/h8-12H,5-7H2,1-4H3. The maximum absolute atomic E-state index is 9.15. The van der Waals surface area contributed by atoms with Crippen molar-refractivity contribution in [1.82, 2.24) is 5.32 Å². The highest BCUT2D eigenvalue weighted by Gasteiger charge is 2.17. The van der Waals surface area contributed by atoms with Crippen molar-refractivity contribution < 1.29 is 5.11 Å². The topological polar surface area (TPSA) is 32.3 Å². The molecule has 0 aromatic carbocycles. The molecule has 1 unspecified atom stereocenters. The van der Waals surface area contributed by atoms with Gasteiger partial charge in [-0.2, -0.15) is 0 Å². The molecule has 2 N–H and O–H groups in total. The first kappa shape index (κ1) is 11.9. The van der Waals surface area contributed by atoms with Crippen molar-refractivity contribution in [3.8, 4) is 0 Å². The molecule has 74 valence electrons. The Morgan fingerprint density at radius 1 is 1.17 bits per heavy atom. The fourth-order valence-corrected chi connectivity index (χ4v) is 1.62. The van der Waals surface area contributed by atoms with Crippen molar-refractivity contribution in [3.05, 3.63) is 0 Å². The van der Waals surface area contributed by atoms with Crippen molar-refractivity contribution in [1.29, 1.82) is 0 Å². The van der Waals surface area contributed by atoms with Gasteiger partial charge in [0.25, 0.3) is 0 Å². The van der Waals surface area contributed by atoms with Crippen LogP contribution in [0.2, 0.25) is 0 Å². The average Bonchev–Trinajstić information content (AvgIpc) is 2.04. The summed E-state index contributed by atoms with van der Waals surface area (Å²) in [7, 11) is 0. The Balaban J connectivity index is 3.92. The fourth-order valence-electron chi connectivity index (χ4n) is 1.62. The van der Waals surface area contributed by atoms with Gasteiger partial charge >= 0.3 is 0 Å². The monoisotopic (exact) mass is 173 g/mol. The lowest BCUT2D eigenvalue weighted by Crippen LogP contribution is -2.42. The Morgan fingerprint density at radius 3 is 1.92 bits per heavy atom. The summed E-state index contributed by atoms with van der Waals surface area (Å²) in [5, 5.41) is 12.5. The second kappa shape index (κ2) is 6.44. The summed E-state index contributed by atoms with van der Waals surface area (Å²) in [5.74, 6) is 0.609. The number of aliphatic hydroxyl groups is 1. The molecule has 12 heavy (non-hydrogen) atoms.